The number of aryl methyl sites for hydroxylation is 1. The Morgan fingerprint density at radius 1 is 1.36 bits per heavy atom. The molecule has 0 saturated carbocycles. The molecule has 1 heterocycles. The van der Waals surface area contributed by atoms with Crippen LogP contribution in [0.5, 0.6) is 0 Å². The minimum absolute atomic E-state index is 0.389. The van der Waals surface area contributed by atoms with Gasteiger partial charge in [0, 0.05) is 32.9 Å². The molecule has 0 radical (unpaired) electrons. The largest absolute Gasteiger partial charge is 0.356 e. The monoisotopic (exact) mass is 366 g/mol. The maximum absolute atomic E-state index is 11.7. The molecule has 2 N–H and O–H groups in total. The maximum atomic E-state index is 11.7. The number of likely N-dealkylation sites (tertiary alicyclic amines) is 1. The van der Waals surface area contributed by atoms with E-state index in [1.54, 1.807) is 13.1 Å². The summed E-state index contributed by atoms with van der Waals surface area (Å²) in [6.45, 7) is 9.00. The van der Waals surface area contributed by atoms with Gasteiger partial charge in [-0.25, -0.2) is 8.42 Å². The van der Waals surface area contributed by atoms with Gasteiger partial charge in [0.25, 0.3) is 0 Å². The Balaban J connectivity index is 1.86. The van der Waals surface area contributed by atoms with Crippen molar-refractivity contribution < 1.29 is 8.42 Å². The average molecular weight is 367 g/mol. The Labute approximate surface area is 151 Å². The van der Waals surface area contributed by atoms with Crippen LogP contribution in [0.1, 0.15) is 24.5 Å². The van der Waals surface area contributed by atoms with E-state index in [0.29, 0.717) is 17.4 Å². The van der Waals surface area contributed by atoms with Crippen molar-refractivity contribution in [2.24, 2.45) is 10.9 Å². The smallest absolute Gasteiger partial charge is 0.191 e. The van der Waals surface area contributed by atoms with E-state index in [9.17, 15) is 8.42 Å². The summed E-state index contributed by atoms with van der Waals surface area (Å²) in [6, 6.07) is 5.43. The van der Waals surface area contributed by atoms with Crippen LogP contribution in [-0.2, 0) is 16.4 Å². The molecule has 1 aromatic carbocycles. The van der Waals surface area contributed by atoms with Crippen molar-refractivity contribution in [3.05, 3.63) is 29.3 Å². The first-order valence-corrected chi connectivity index (χ1v) is 10.7. The van der Waals surface area contributed by atoms with Crippen LogP contribution in [0, 0.1) is 12.8 Å². The number of nitrogens with one attached hydrogen (secondary N) is 2. The molecule has 1 aliphatic rings. The van der Waals surface area contributed by atoms with Crippen LogP contribution in [0.4, 0.5) is 0 Å². The fraction of sp³-hybridized carbons (Fsp3) is 0.611. The third-order valence-electron chi connectivity index (χ3n) is 4.70. The predicted octanol–water partition coefficient (Wildman–Crippen LogP) is 1.41. The molecule has 1 fully saturated rings. The third-order valence-corrected chi connectivity index (χ3v) is 5.95. The lowest BCUT2D eigenvalue weighted by atomic mass is 10.1. The van der Waals surface area contributed by atoms with Gasteiger partial charge in [0.15, 0.2) is 15.8 Å². The van der Waals surface area contributed by atoms with Crippen molar-refractivity contribution in [1.82, 2.24) is 15.5 Å². The molecule has 0 aliphatic carbocycles. The molecule has 25 heavy (non-hydrogen) atoms. The molecule has 1 aromatic rings. The van der Waals surface area contributed by atoms with E-state index in [-0.39, 0.29) is 0 Å². The van der Waals surface area contributed by atoms with Gasteiger partial charge in [-0.15, -0.1) is 0 Å². The molecular weight excluding hydrogens is 336 g/mol. The van der Waals surface area contributed by atoms with Crippen LogP contribution in [0.2, 0.25) is 0 Å². The Kier molecular flexibility index (Phi) is 6.84. The summed E-state index contributed by atoms with van der Waals surface area (Å²) < 4.78 is 23.4. The van der Waals surface area contributed by atoms with E-state index < -0.39 is 9.84 Å². The number of sulfone groups is 1. The van der Waals surface area contributed by atoms with Crippen molar-refractivity contribution >= 4 is 15.8 Å². The SMILES string of the molecule is CCN1CCC(CNC(=NC)NCc2ccc(S(C)(=O)=O)c(C)c2)C1. The van der Waals surface area contributed by atoms with Crippen LogP contribution < -0.4 is 10.6 Å². The molecule has 1 unspecified atom stereocenters. The summed E-state index contributed by atoms with van der Waals surface area (Å²) >= 11 is 0. The summed E-state index contributed by atoms with van der Waals surface area (Å²) in [7, 11) is -1.41. The number of aliphatic imine (C=N–C) groups is 1. The number of benzene rings is 1. The van der Waals surface area contributed by atoms with Gasteiger partial charge in [-0.2, -0.15) is 0 Å². The lowest BCUT2D eigenvalue weighted by molar-refractivity contribution is 0.342. The summed E-state index contributed by atoms with van der Waals surface area (Å²) in [6.07, 6.45) is 2.46. The van der Waals surface area contributed by atoms with Crippen LogP contribution in [0.3, 0.4) is 0 Å². The second-order valence-electron chi connectivity index (χ2n) is 6.73. The first-order valence-electron chi connectivity index (χ1n) is 8.80. The van der Waals surface area contributed by atoms with E-state index >= 15 is 0 Å². The van der Waals surface area contributed by atoms with Gasteiger partial charge in [-0.3, -0.25) is 4.99 Å². The van der Waals surface area contributed by atoms with Gasteiger partial charge in [-0.05, 0) is 49.5 Å². The zero-order chi connectivity index (χ0) is 18.4. The van der Waals surface area contributed by atoms with Crippen LogP contribution in [0.25, 0.3) is 0 Å². The number of rotatable bonds is 6. The highest BCUT2D eigenvalue weighted by Gasteiger charge is 2.21. The molecule has 0 spiro atoms. The predicted molar refractivity (Wildman–Crippen MR) is 103 cm³/mol. The highest BCUT2D eigenvalue weighted by molar-refractivity contribution is 7.90. The van der Waals surface area contributed by atoms with Crippen molar-refractivity contribution in [2.75, 3.05) is 39.5 Å². The highest BCUT2D eigenvalue weighted by atomic mass is 32.2. The van der Waals surface area contributed by atoms with Crippen LogP contribution in [-0.4, -0.2) is 58.8 Å². The molecule has 1 atom stereocenters. The maximum Gasteiger partial charge on any atom is 0.191 e. The number of hydrogen-bond acceptors (Lipinski definition) is 4. The summed E-state index contributed by atoms with van der Waals surface area (Å²) in [5.41, 5.74) is 1.81. The first kappa shape index (κ1) is 19.7. The highest BCUT2D eigenvalue weighted by Crippen LogP contribution is 2.17. The van der Waals surface area contributed by atoms with Crippen molar-refractivity contribution in [1.29, 1.82) is 0 Å². The van der Waals surface area contributed by atoms with E-state index in [1.165, 1.54) is 19.2 Å². The topological polar surface area (TPSA) is 73.8 Å². The van der Waals surface area contributed by atoms with Crippen molar-refractivity contribution in [3.8, 4) is 0 Å². The van der Waals surface area contributed by atoms with Gasteiger partial charge >= 0.3 is 0 Å². The molecule has 140 valence electrons. The normalized spacial score (nSPS) is 19.2. The second kappa shape index (κ2) is 8.67. The Morgan fingerprint density at radius 3 is 2.68 bits per heavy atom. The Hall–Kier alpha value is -1.60. The third kappa shape index (κ3) is 5.71. The lowest BCUT2D eigenvalue weighted by Crippen LogP contribution is -2.39. The standard InChI is InChI=1S/C18H30N4O2S/c1-5-22-9-8-16(13-22)12-21-18(19-3)20-11-15-6-7-17(14(2)10-15)25(4,23)24/h6-7,10,16H,5,8-9,11-13H2,1-4H3,(H2,19,20,21). The molecule has 1 aliphatic heterocycles. The first-order chi connectivity index (χ1) is 11.8. The molecule has 0 amide bonds. The molecule has 2 rings (SSSR count). The Bertz CT molecular complexity index is 716. The van der Waals surface area contributed by atoms with E-state index in [0.717, 1.165) is 36.7 Å². The van der Waals surface area contributed by atoms with Crippen molar-refractivity contribution in [3.63, 3.8) is 0 Å². The minimum Gasteiger partial charge on any atom is -0.356 e. The summed E-state index contributed by atoms with van der Waals surface area (Å²) in [5.74, 6) is 1.44. The van der Waals surface area contributed by atoms with Crippen LogP contribution in [0.15, 0.2) is 28.1 Å². The molecule has 6 nitrogen and oxygen atoms in total. The van der Waals surface area contributed by atoms with Gasteiger partial charge in [0.2, 0.25) is 0 Å². The summed E-state index contributed by atoms with van der Waals surface area (Å²) in [4.78, 5) is 7.12. The number of nitrogens with zero attached hydrogens (tertiary/aromatic N) is 2. The average Bonchev–Trinajstić information content (AvgIpc) is 3.02. The Morgan fingerprint density at radius 2 is 2.12 bits per heavy atom. The molecule has 0 aromatic heterocycles. The quantitative estimate of drug-likeness (QED) is 0.588. The van der Waals surface area contributed by atoms with Gasteiger partial charge in [0.05, 0.1) is 4.90 Å². The summed E-state index contributed by atoms with van der Waals surface area (Å²) in [5, 5.41) is 6.69. The lowest BCUT2D eigenvalue weighted by Gasteiger charge is -2.16. The molecule has 1 saturated heterocycles. The molecule has 0 bridgehead atoms. The fourth-order valence-electron chi connectivity index (χ4n) is 3.25. The second-order valence-corrected chi connectivity index (χ2v) is 8.71. The van der Waals surface area contributed by atoms with Gasteiger partial charge in [0.1, 0.15) is 0 Å². The fourth-order valence-corrected chi connectivity index (χ4v) is 4.21. The van der Waals surface area contributed by atoms with Crippen LogP contribution >= 0.6 is 0 Å². The molecular formula is C18H30N4O2S. The van der Waals surface area contributed by atoms with E-state index in [2.05, 4.69) is 27.4 Å². The van der Waals surface area contributed by atoms with E-state index in [1.807, 2.05) is 19.1 Å². The number of guanidine groups is 1. The minimum atomic E-state index is -3.17. The zero-order valence-electron chi connectivity index (χ0n) is 15.7. The van der Waals surface area contributed by atoms with Crippen molar-refractivity contribution in [2.45, 2.75) is 31.7 Å². The molecule has 7 heteroatoms. The van der Waals surface area contributed by atoms with E-state index in [4.69, 9.17) is 0 Å². The van der Waals surface area contributed by atoms with Gasteiger partial charge < -0.3 is 15.5 Å². The number of hydrogen-bond donors (Lipinski definition) is 2. The van der Waals surface area contributed by atoms with Gasteiger partial charge in [-0.1, -0.05) is 19.1 Å². The zero-order valence-corrected chi connectivity index (χ0v) is 16.5.